The lowest BCUT2D eigenvalue weighted by molar-refractivity contribution is 0.222. The second-order valence-electron chi connectivity index (χ2n) is 5.05. The number of nitrogens with zero attached hydrogens (tertiary/aromatic N) is 1. The average Bonchev–Trinajstić information content (AvgIpc) is 2.98. The van der Waals surface area contributed by atoms with Crippen molar-refractivity contribution in [3.63, 3.8) is 0 Å². The van der Waals surface area contributed by atoms with Crippen LogP contribution in [0.1, 0.15) is 17.2 Å². The summed E-state index contributed by atoms with van der Waals surface area (Å²) in [7, 11) is 0. The molecule has 4 rings (SSSR count). The standard InChI is InChI=1S/C18H13NOS/c20-18(15-11-21-17-8-4-2-6-14(15)17)13-9-12-5-1-3-7-16(12)19-10-13/h1-11,18,20H. The van der Waals surface area contributed by atoms with E-state index < -0.39 is 6.10 Å². The molecule has 0 saturated heterocycles. The van der Waals surface area contributed by atoms with Crippen LogP contribution in [0.2, 0.25) is 0 Å². The van der Waals surface area contributed by atoms with Crippen molar-refractivity contribution in [2.75, 3.05) is 0 Å². The molecular formula is C18H13NOS. The molecule has 21 heavy (non-hydrogen) atoms. The van der Waals surface area contributed by atoms with Crippen molar-refractivity contribution >= 4 is 32.3 Å². The summed E-state index contributed by atoms with van der Waals surface area (Å²) in [5, 5.41) is 14.9. The zero-order valence-electron chi connectivity index (χ0n) is 11.2. The molecule has 0 saturated carbocycles. The molecule has 2 heterocycles. The number of benzene rings is 2. The number of aliphatic hydroxyl groups excluding tert-OH is 1. The highest BCUT2D eigenvalue weighted by molar-refractivity contribution is 7.17. The summed E-state index contributed by atoms with van der Waals surface area (Å²) in [4.78, 5) is 4.44. The molecule has 0 fully saturated rings. The van der Waals surface area contributed by atoms with E-state index in [-0.39, 0.29) is 0 Å². The van der Waals surface area contributed by atoms with E-state index in [1.54, 1.807) is 17.5 Å². The van der Waals surface area contributed by atoms with E-state index in [4.69, 9.17) is 0 Å². The molecule has 0 aliphatic heterocycles. The van der Waals surface area contributed by atoms with Gasteiger partial charge in [0.15, 0.2) is 0 Å². The van der Waals surface area contributed by atoms with Crippen LogP contribution >= 0.6 is 11.3 Å². The van der Waals surface area contributed by atoms with Crippen molar-refractivity contribution in [2.24, 2.45) is 0 Å². The molecule has 3 heteroatoms. The van der Waals surface area contributed by atoms with E-state index in [1.807, 2.05) is 47.8 Å². The minimum Gasteiger partial charge on any atom is -0.384 e. The molecule has 2 aromatic carbocycles. The molecule has 0 aliphatic carbocycles. The Balaban J connectivity index is 1.83. The molecule has 0 radical (unpaired) electrons. The van der Waals surface area contributed by atoms with Crippen LogP contribution in [0, 0.1) is 0 Å². The molecule has 0 amide bonds. The Morgan fingerprint density at radius 2 is 1.81 bits per heavy atom. The summed E-state index contributed by atoms with van der Waals surface area (Å²) in [6.07, 6.45) is 1.12. The number of aliphatic hydroxyl groups is 1. The topological polar surface area (TPSA) is 33.1 Å². The van der Waals surface area contributed by atoms with Crippen molar-refractivity contribution in [1.82, 2.24) is 4.98 Å². The minimum atomic E-state index is -0.641. The maximum absolute atomic E-state index is 10.7. The van der Waals surface area contributed by atoms with Gasteiger partial charge in [-0.2, -0.15) is 0 Å². The number of aromatic nitrogens is 1. The Morgan fingerprint density at radius 3 is 2.76 bits per heavy atom. The molecule has 1 atom stereocenters. The van der Waals surface area contributed by atoms with Gasteiger partial charge in [0.25, 0.3) is 0 Å². The first-order valence-corrected chi connectivity index (χ1v) is 7.70. The van der Waals surface area contributed by atoms with Gasteiger partial charge in [-0.1, -0.05) is 36.4 Å². The van der Waals surface area contributed by atoms with E-state index in [0.29, 0.717) is 0 Å². The van der Waals surface area contributed by atoms with E-state index in [0.717, 1.165) is 27.4 Å². The first-order chi connectivity index (χ1) is 10.3. The summed E-state index contributed by atoms with van der Waals surface area (Å²) in [5.41, 5.74) is 2.73. The number of para-hydroxylation sites is 1. The maximum atomic E-state index is 10.7. The van der Waals surface area contributed by atoms with Gasteiger partial charge in [-0.15, -0.1) is 11.3 Å². The molecular weight excluding hydrogens is 278 g/mol. The van der Waals surface area contributed by atoms with Gasteiger partial charge < -0.3 is 5.11 Å². The van der Waals surface area contributed by atoms with Crippen molar-refractivity contribution < 1.29 is 5.11 Å². The molecule has 2 aromatic heterocycles. The number of thiophene rings is 1. The van der Waals surface area contributed by atoms with Crippen molar-refractivity contribution in [3.8, 4) is 0 Å². The first-order valence-electron chi connectivity index (χ1n) is 6.82. The average molecular weight is 291 g/mol. The molecule has 0 aliphatic rings. The van der Waals surface area contributed by atoms with Crippen molar-refractivity contribution in [2.45, 2.75) is 6.10 Å². The summed E-state index contributed by atoms with van der Waals surface area (Å²) in [6, 6.07) is 18.1. The molecule has 0 spiro atoms. The second-order valence-corrected chi connectivity index (χ2v) is 5.96. The second kappa shape index (κ2) is 4.95. The summed E-state index contributed by atoms with van der Waals surface area (Å²) in [6.45, 7) is 0. The van der Waals surface area contributed by atoms with Gasteiger partial charge in [0.2, 0.25) is 0 Å². The molecule has 1 unspecified atom stereocenters. The maximum Gasteiger partial charge on any atom is 0.107 e. The molecule has 4 aromatic rings. The van der Waals surface area contributed by atoms with E-state index in [2.05, 4.69) is 17.1 Å². The number of pyridine rings is 1. The molecule has 0 bridgehead atoms. The van der Waals surface area contributed by atoms with Crippen LogP contribution in [-0.2, 0) is 0 Å². The molecule has 102 valence electrons. The third kappa shape index (κ3) is 2.11. The lowest BCUT2D eigenvalue weighted by Crippen LogP contribution is -1.99. The molecule has 1 N–H and O–H groups in total. The Bertz CT molecular complexity index is 928. The number of hydrogen-bond donors (Lipinski definition) is 1. The van der Waals surface area contributed by atoms with E-state index >= 15 is 0 Å². The van der Waals surface area contributed by atoms with Crippen LogP contribution in [0.25, 0.3) is 21.0 Å². The minimum absolute atomic E-state index is 0.641. The normalized spacial score (nSPS) is 12.8. The van der Waals surface area contributed by atoms with Gasteiger partial charge in [-0.05, 0) is 29.0 Å². The monoisotopic (exact) mass is 291 g/mol. The fourth-order valence-electron chi connectivity index (χ4n) is 2.63. The smallest absolute Gasteiger partial charge is 0.107 e. The predicted molar refractivity (Wildman–Crippen MR) is 87.6 cm³/mol. The van der Waals surface area contributed by atoms with Crippen LogP contribution in [0.3, 0.4) is 0 Å². The lowest BCUT2D eigenvalue weighted by Gasteiger charge is -2.11. The number of rotatable bonds is 2. The zero-order chi connectivity index (χ0) is 14.2. The largest absolute Gasteiger partial charge is 0.384 e. The highest BCUT2D eigenvalue weighted by Gasteiger charge is 2.15. The van der Waals surface area contributed by atoms with Crippen LogP contribution in [-0.4, -0.2) is 10.1 Å². The Hall–Kier alpha value is -2.23. The van der Waals surface area contributed by atoms with Gasteiger partial charge in [0.1, 0.15) is 6.10 Å². The third-order valence-electron chi connectivity index (χ3n) is 3.73. The molecule has 2 nitrogen and oxygen atoms in total. The number of fused-ring (bicyclic) bond motifs is 2. The predicted octanol–water partition coefficient (Wildman–Crippen LogP) is 4.53. The van der Waals surface area contributed by atoms with Gasteiger partial charge in [-0.25, -0.2) is 0 Å². The highest BCUT2D eigenvalue weighted by Crippen LogP contribution is 2.33. The van der Waals surface area contributed by atoms with Crippen LogP contribution < -0.4 is 0 Å². The summed E-state index contributed by atoms with van der Waals surface area (Å²) < 4.78 is 1.19. The fourth-order valence-corrected chi connectivity index (χ4v) is 3.61. The van der Waals surface area contributed by atoms with Crippen molar-refractivity contribution in [1.29, 1.82) is 0 Å². The lowest BCUT2D eigenvalue weighted by atomic mass is 10.0. The number of hydrogen-bond acceptors (Lipinski definition) is 3. The zero-order valence-corrected chi connectivity index (χ0v) is 12.0. The van der Waals surface area contributed by atoms with Gasteiger partial charge in [0, 0.05) is 27.4 Å². The third-order valence-corrected chi connectivity index (χ3v) is 4.71. The van der Waals surface area contributed by atoms with Crippen LogP contribution in [0.15, 0.2) is 66.2 Å². The van der Waals surface area contributed by atoms with Gasteiger partial charge in [0.05, 0.1) is 5.52 Å². The Labute approximate surface area is 126 Å². The summed E-state index contributed by atoms with van der Waals surface area (Å²) in [5.74, 6) is 0. The fraction of sp³-hybridized carbons (Fsp3) is 0.0556. The summed E-state index contributed by atoms with van der Waals surface area (Å²) >= 11 is 1.66. The van der Waals surface area contributed by atoms with Crippen molar-refractivity contribution in [3.05, 3.63) is 77.3 Å². The SMILES string of the molecule is OC(c1cnc2ccccc2c1)c1csc2ccccc12. The Kier molecular flexibility index (Phi) is 2.95. The van der Waals surface area contributed by atoms with Crippen LogP contribution in [0.5, 0.6) is 0 Å². The Morgan fingerprint density at radius 1 is 1.00 bits per heavy atom. The first kappa shape index (κ1) is 12.5. The highest BCUT2D eigenvalue weighted by atomic mass is 32.1. The van der Waals surface area contributed by atoms with E-state index in [9.17, 15) is 5.11 Å². The van der Waals surface area contributed by atoms with Crippen LogP contribution in [0.4, 0.5) is 0 Å². The van der Waals surface area contributed by atoms with E-state index in [1.165, 1.54) is 4.70 Å². The van der Waals surface area contributed by atoms with Gasteiger partial charge >= 0.3 is 0 Å². The van der Waals surface area contributed by atoms with Gasteiger partial charge in [-0.3, -0.25) is 4.98 Å². The quantitative estimate of drug-likeness (QED) is 0.588.